The van der Waals surface area contributed by atoms with E-state index in [4.69, 9.17) is 4.98 Å². The molecule has 0 bridgehead atoms. The van der Waals surface area contributed by atoms with Gasteiger partial charge in [-0.05, 0) is 61.4 Å². The van der Waals surface area contributed by atoms with Crippen molar-refractivity contribution in [2.75, 3.05) is 13.1 Å². The van der Waals surface area contributed by atoms with Crippen molar-refractivity contribution in [2.24, 2.45) is 11.8 Å². The molecule has 3 heteroatoms. The fraction of sp³-hybridized carbons (Fsp3) is 0.360. The first kappa shape index (κ1) is 18.7. The van der Waals surface area contributed by atoms with Gasteiger partial charge in [-0.15, -0.1) is 0 Å². The van der Waals surface area contributed by atoms with E-state index in [1.807, 2.05) is 35.2 Å². The van der Waals surface area contributed by atoms with Crippen LogP contribution < -0.4 is 0 Å². The topological polar surface area (TPSA) is 33.2 Å². The zero-order chi connectivity index (χ0) is 19.8. The highest BCUT2D eigenvalue weighted by Gasteiger charge is 2.27. The minimum atomic E-state index is 0.127. The van der Waals surface area contributed by atoms with Crippen LogP contribution in [0.2, 0.25) is 0 Å². The number of fused-ring (bicyclic) bond motifs is 1. The van der Waals surface area contributed by atoms with E-state index >= 15 is 0 Å². The molecule has 1 fully saturated rings. The Hall–Kier alpha value is -2.68. The second-order valence-electron chi connectivity index (χ2n) is 8.53. The van der Waals surface area contributed by atoms with Crippen LogP contribution >= 0.6 is 0 Å². The molecule has 2 aromatic carbocycles. The number of carbonyl (C=O) groups excluding carboxylic acids is 1. The maximum Gasteiger partial charge on any atom is 0.254 e. The molecule has 2 heterocycles. The molecule has 1 aromatic heterocycles. The van der Waals surface area contributed by atoms with Crippen molar-refractivity contribution in [3.05, 3.63) is 65.2 Å². The van der Waals surface area contributed by atoms with E-state index in [9.17, 15) is 4.79 Å². The monoisotopic (exact) mass is 372 g/mol. The van der Waals surface area contributed by atoms with E-state index in [1.165, 1.54) is 17.5 Å². The van der Waals surface area contributed by atoms with Crippen molar-refractivity contribution in [2.45, 2.75) is 34.1 Å². The molecule has 1 aliphatic rings. The van der Waals surface area contributed by atoms with Gasteiger partial charge in [0.1, 0.15) is 0 Å². The minimum Gasteiger partial charge on any atom is -0.338 e. The van der Waals surface area contributed by atoms with Crippen molar-refractivity contribution >= 4 is 16.8 Å². The molecule has 28 heavy (non-hydrogen) atoms. The Labute approximate surface area is 167 Å². The number of hydrogen-bond donors (Lipinski definition) is 0. The highest BCUT2D eigenvalue weighted by Crippen LogP contribution is 2.29. The van der Waals surface area contributed by atoms with Gasteiger partial charge in [0.25, 0.3) is 5.91 Å². The van der Waals surface area contributed by atoms with Crippen molar-refractivity contribution in [1.29, 1.82) is 0 Å². The van der Waals surface area contributed by atoms with E-state index in [0.717, 1.165) is 40.8 Å². The van der Waals surface area contributed by atoms with Crippen LogP contribution in [0.1, 0.15) is 41.8 Å². The standard InChI is InChI=1S/C25H28N2O/c1-16-11-17(2)15-27(14-16)25(28)22-13-24(20-10-9-18(3)19(4)12-20)26-23-8-6-5-7-21(22)23/h5-10,12-13,16-17H,11,14-15H2,1-4H3/t16-,17-/m0/s1. The van der Waals surface area contributed by atoms with E-state index in [0.29, 0.717) is 11.8 Å². The number of likely N-dealkylation sites (tertiary alicyclic amines) is 1. The van der Waals surface area contributed by atoms with Gasteiger partial charge in [0, 0.05) is 24.0 Å². The molecule has 0 saturated carbocycles. The normalized spacial score (nSPS) is 19.8. The third kappa shape index (κ3) is 3.54. The van der Waals surface area contributed by atoms with Gasteiger partial charge in [0.2, 0.25) is 0 Å². The van der Waals surface area contributed by atoms with Gasteiger partial charge in [0.05, 0.1) is 16.8 Å². The fourth-order valence-corrected chi connectivity index (χ4v) is 4.40. The number of benzene rings is 2. The largest absolute Gasteiger partial charge is 0.338 e. The first-order valence-electron chi connectivity index (χ1n) is 10.2. The quantitative estimate of drug-likeness (QED) is 0.583. The predicted molar refractivity (Wildman–Crippen MR) is 116 cm³/mol. The molecule has 1 aliphatic heterocycles. The smallest absolute Gasteiger partial charge is 0.254 e. The summed E-state index contributed by atoms with van der Waals surface area (Å²) in [6.45, 7) is 10.4. The Bertz CT molecular complexity index is 1030. The van der Waals surface area contributed by atoms with Crippen LogP contribution in [0.5, 0.6) is 0 Å². The first-order chi connectivity index (χ1) is 13.4. The van der Waals surface area contributed by atoms with Crippen LogP contribution in [0.15, 0.2) is 48.5 Å². The van der Waals surface area contributed by atoms with Crippen LogP contribution in [0.25, 0.3) is 22.2 Å². The van der Waals surface area contributed by atoms with Crippen molar-refractivity contribution < 1.29 is 4.79 Å². The number of piperidine rings is 1. The molecule has 3 aromatic rings. The van der Waals surface area contributed by atoms with Crippen LogP contribution in [-0.4, -0.2) is 28.9 Å². The van der Waals surface area contributed by atoms with Crippen molar-refractivity contribution in [3.63, 3.8) is 0 Å². The highest BCUT2D eigenvalue weighted by atomic mass is 16.2. The average Bonchev–Trinajstić information content (AvgIpc) is 2.68. The summed E-state index contributed by atoms with van der Waals surface area (Å²) >= 11 is 0. The van der Waals surface area contributed by atoms with E-state index in [2.05, 4.69) is 45.9 Å². The second kappa shape index (κ2) is 7.38. The minimum absolute atomic E-state index is 0.127. The molecule has 0 N–H and O–H groups in total. The molecule has 0 aliphatic carbocycles. The van der Waals surface area contributed by atoms with Crippen LogP contribution in [0.4, 0.5) is 0 Å². The van der Waals surface area contributed by atoms with Crippen molar-refractivity contribution in [3.8, 4) is 11.3 Å². The lowest BCUT2D eigenvalue weighted by Gasteiger charge is -2.35. The Morgan fingerprint density at radius 2 is 1.68 bits per heavy atom. The second-order valence-corrected chi connectivity index (χ2v) is 8.53. The lowest BCUT2D eigenvalue weighted by atomic mass is 9.91. The molecular weight excluding hydrogens is 344 g/mol. The number of nitrogens with zero attached hydrogens (tertiary/aromatic N) is 2. The SMILES string of the molecule is Cc1ccc(-c2cc(C(=O)N3C[C@@H](C)C[C@H](C)C3)c3ccccc3n2)cc1C. The molecule has 0 unspecified atom stereocenters. The molecule has 0 radical (unpaired) electrons. The third-order valence-electron chi connectivity index (χ3n) is 5.91. The molecule has 1 amide bonds. The summed E-state index contributed by atoms with van der Waals surface area (Å²) < 4.78 is 0. The zero-order valence-electron chi connectivity index (χ0n) is 17.2. The summed E-state index contributed by atoms with van der Waals surface area (Å²) in [6, 6.07) is 16.3. The number of aryl methyl sites for hydroxylation is 2. The lowest BCUT2D eigenvalue weighted by Crippen LogP contribution is -2.42. The van der Waals surface area contributed by atoms with Crippen LogP contribution in [0, 0.1) is 25.7 Å². The molecule has 1 saturated heterocycles. The summed E-state index contributed by atoms with van der Waals surface area (Å²) in [5.74, 6) is 1.21. The van der Waals surface area contributed by atoms with Crippen LogP contribution in [0.3, 0.4) is 0 Å². The Morgan fingerprint density at radius 1 is 0.964 bits per heavy atom. The molecule has 4 rings (SSSR count). The number of rotatable bonds is 2. The number of pyridine rings is 1. The highest BCUT2D eigenvalue weighted by molar-refractivity contribution is 6.07. The van der Waals surface area contributed by atoms with Crippen LogP contribution in [-0.2, 0) is 0 Å². The number of para-hydroxylation sites is 1. The molecule has 3 nitrogen and oxygen atoms in total. The number of amides is 1. The van der Waals surface area contributed by atoms with Gasteiger partial charge < -0.3 is 4.90 Å². The van der Waals surface area contributed by atoms with Gasteiger partial charge in [-0.25, -0.2) is 4.98 Å². The Morgan fingerprint density at radius 3 is 2.39 bits per heavy atom. The number of hydrogen-bond acceptors (Lipinski definition) is 2. The van der Waals surface area contributed by atoms with E-state index < -0.39 is 0 Å². The maximum atomic E-state index is 13.5. The van der Waals surface area contributed by atoms with Crippen molar-refractivity contribution in [1.82, 2.24) is 9.88 Å². The summed E-state index contributed by atoms with van der Waals surface area (Å²) in [6.07, 6.45) is 1.19. The van der Waals surface area contributed by atoms with Gasteiger partial charge in [0.15, 0.2) is 0 Å². The lowest BCUT2D eigenvalue weighted by molar-refractivity contribution is 0.0625. The first-order valence-corrected chi connectivity index (χ1v) is 10.2. The molecule has 0 spiro atoms. The van der Waals surface area contributed by atoms with Gasteiger partial charge in [-0.1, -0.05) is 44.2 Å². The number of carbonyl (C=O) groups is 1. The third-order valence-corrected chi connectivity index (χ3v) is 5.91. The van der Waals surface area contributed by atoms with E-state index in [1.54, 1.807) is 0 Å². The summed E-state index contributed by atoms with van der Waals surface area (Å²) in [4.78, 5) is 20.4. The summed E-state index contributed by atoms with van der Waals surface area (Å²) in [5, 5.41) is 0.936. The molecule has 144 valence electrons. The Kier molecular flexibility index (Phi) is 4.92. The van der Waals surface area contributed by atoms with E-state index in [-0.39, 0.29) is 5.91 Å². The zero-order valence-corrected chi connectivity index (χ0v) is 17.2. The molecular formula is C25H28N2O. The Balaban J connectivity index is 1.82. The summed E-state index contributed by atoms with van der Waals surface area (Å²) in [5.41, 5.74) is 6.06. The van der Waals surface area contributed by atoms with Gasteiger partial charge >= 0.3 is 0 Å². The number of aromatic nitrogens is 1. The average molecular weight is 373 g/mol. The maximum absolute atomic E-state index is 13.5. The summed E-state index contributed by atoms with van der Waals surface area (Å²) in [7, 11) is 0. The fourth-order valence-electron chi connectivity index (χ4n) is 4.40. The van der Waals surface area contributed by atoms with Gasteiger partial charge in [-0.3, -0.25) is 4.79 Å². The molecule has 2 atom stereocenters. The predicted octanol–water partition coefficient (Wildman–Crippen LogP) is 5.64. The van der Waals surface area contributed by atoms with Gasteiger partial charge in [-0.2, -0.15) is 0 Å².